The topological polar surface area (TPSA) is 64.3 Å². The molecule has 1 N–H and O–H groups in total. The smallest absolute Gasteiger partial charge is 0.337 e. The molecule has 0 aliphatic carbocycles. The van der Waals surface area contributed by atoms with Gasteiger partial charge in [-0.25, -0.2) is 9.78 Å². The van der Waals surface area contributed by atoms with Gasteiger partial charge in [-0.3, -0.25) is 0 Å². The minimum absolute atomic E-state index is 0.131. The fourth-order valence-corrected chi connectivity index (χ4v) is 3.02. The van der Waals surface area contributed by atoms with Crippen molar-refractivity contribution in [2.24, 2.45) is 0 Å². The van der Waals surface area contributed by atoms with E-state index in [0.717, 1.165) is 30.8 Å². The van der Waals surface area contributed by atoms with Crippen molar-refractivity contribution in [1.29, 1.82) is 0 Å². The van der Waals surface area contributed by atoms with Gasteiger partial charge in [-0.05, 0) is 25.5 Å². The largest absolute Gasteiger partial charge is 0.478 e. The van der Waals surface area contributed by atoms with E-state index in [2.05, 4.69) is 16.5 Å². The van der Waals surface area contributed by atoms with E-state index in [1.807, 2.05) is 13.0 Å². The molecule has 0 radical (unpaired) electrons. The van der Waals surface area contributed by atoms with E-state index in [1.165, 1.54) is 0 Å². The first kappa shape index (κ1) is 13.1. The first-order valence-corrected chi connectivity index (χ1v) is 6.98. The molecular weight excluding hydrogens is 256 g/mol. The van der Waals surface area contributed by atoms with Gasteiger partial charge in [0, 0.05) is 13.0 Å². The van der Waals surface area contributed by atoms with E-state index < -0.39 is 5.97 Å². The van der Waals surface area contributed by atoms with E-state index in [0.29, 0.717) is 5.52 Å². The maximum Gasteiger partial charge on any atom is 0.337 e. The van der Waals surface area contributed by atoms with Crippen LogP contribution in [0.5, 0.6) is 0 Å². The van der Waals surface area contributed by atoms with Gasteiger partial charge in [0.05, 0.1) is 23.2 Å². The van der Waals surface area contributed by atoms with Gasteiger partial charge in [0.2, 0.25) is 0 Å². The van der Waals surface area contributed by atoms with Crippen molar-refractivity contribution in [2.75, 3.05) is 6.61 Å². The summed E-state index contributed by atoms with van der Waals surface area (Å²) < 4.78 is 7.82. The summed E-state index contributed by atoms with van der Waals surface area (Å²) in [5.74, 6) is -0.00493. The van der Waals surface area contributed by atoms with Gasteiger partial charge < -0.3 is 14.4 Å². The van der Waals surface area contributed by atoms with Crippen LogP contribution in [0.2, 0.25) is 0 Å². The molecule has 0 amide bonds. The van der Waals surface area contributed by atoms with Gasteiger partial charge in [-0.2, -0.15) is 0 Å². The number of hydrogen-bond donors (Lipinski definition) is 1. The van der Waals surface area contributed by atoms with E-state index in [-0.39, 0.29) is 17.7 Å². The lowest BCUT2D eigenvalue weighted by Crippen LogP contribution is -2.18. The Labute approximate surface area is 117 Å². The molecule has 2 aromatic rings. The number of ether oxygens (including phenoxy) is 1. The predicted molar refractivity (Wildman–Crippen MR) is 75.1 cm³/mol. The second-order valence-electron chi connectivity index (χ2n) is 5.16. The average molecular weight is 274 g/mol. The fraction of sp³-hybridized carbons (Fsp3) is 0.467. The molecule has 1 saturated heterocycles. The quantitative estimate of drug-likeness (QED) is 0.934. The van der Waals surface area contributed by atoms with Crippen molar-refractivity contribution < 1.29 is 14.6 Å². The number of imidazole rings is 1. The summed E-state index contributed by atoms with van der Waals surface area (Å²) in [5.41, 5.74) is 1.74. The zero-order chi connectivity index (χ0) is 14.3. The van der Waals surface area contributed by atoms with Crippen LogP contribution in [0.4, 0.5) is 0 Å². The summed E-state index contributed by atoms with van der Waals surface area (Å²) in [6, 6.07) is 5.57. The van der Waals surface area contributed by atoms with Gasteiger partial charge in [0.1, 0.15) is 11.3 Å². The Balaban J connectivity index is 2.25. The second-order valence-corrected chi connectivity index (χ2v) is 5.16. The number of aryl methyl sites for hydroxylation is 1. The van der Waals surface area contributed by atoms with Crippen LogP contribution in [0.3, 0.4) is 0 Å². The number of hydrogen-bond acceptors (Lipinski definition) is 3. The number of para-hydroxylation sites is 1. The second kappa shape index (κ2) is 4.90. The van der Waals surface area contributed by atoms with E-state index in [9.17, 15) is 9.90 Å². The Hall–Kier alpha value is -1.88. The summed E-state index contributed by atoms with van der Waals surface area (Å²) in [4.78, 5) is 15.9. The summed E-state index contributed by atoms with van der Waals surface area (Å²) >= 11 is 0. The third kappa shape index (κ3) is 1.89. The molecule has 0 saturated carbocycles. The van der Waals surface area contributed by atoms with Gasteiger partial charge in [-0.15, -0.1) is 0 Å². The Bertz CT molecular complexity index is 662. The Morgan fingerprint density at radius 1 is 1.55 bits per heavy atom. The number of aromatic nitrogens is 2. The number of benzene rings is 1. The zero-order valence-electron chi connectivity index (χ0n) is 11.7. The van der Waals surface area contributed by atoms with Crippen LogP contribution >= 0.6 is 0 Å². The highest BCUT2D eigenvalue weighted by Crippen LogP contribution is 2.32. The molecule has 3 rings (SSSR count). The summed E-state index contributed by atoms with van der Waals surface area (Å²) in [6.45, 7) is 4.84. The van der Waals surface area contributed by atoms with Crippen molar-refractivity contribution in [1.82, 2.24) is 9.55 Å². The Morgan fingerprint density at radius 2 is 2.35 bits per heavy atom. The van der Waals surface area contributed by atoms with Crippen molar-refractivity contribution in [3.8, 4) is 0 Å². The zero-order valence-corrected chi connectivity index (χ0v) is 11.7. The highest BCUT2D eigenvalue weighted by atomic mass is 16.5. The lowest BCUT2D eigenvalue weighted by atomic mass is 10.1. The van der Waals surface area contributed by atoms with Crippen LogP contribution in [0.25, 0.3) is 11.0 Å². The third-order valence-corrected chi connectivity index (χ3v) is 4.01. The number of rotatable bonds is 3. The molecule has 0 spiro atoms. The molecule has 2 unspecified atom stereocenters. The van der Waals surface area contributed by atoms with Crippen LogP contribution in [-0.2, 0) is 11.2 Å². The first-order chi connectivity index (χ1) is 9.63. The minimum atomic E-state index is -0.932. The third-order valence-electron chi connectivity index (χ3n) is 4.01. The van der Waals surface area contributed by atoms with Gasteiger partial charge in [0.25, 0.3) is 0 Å². The summed E-state index contributed by atoms with van der Waals surface area (Å²) in [5, 5.41) is 9.30. The van der Waals surface area contributed by atoms with E-state index in [1.54, 1.807) is 12.1 Å². The maximum atomic E-state index is 11.3. The normalized spacial score (nSPS) is 22.5. The monoisotopic (exact) mass is 274 g/mol. The van der Waals surface area contributed by atoms with Crippen LogP contribution in [-0.4, -0.2) is 33.3 Å². The first-order valence-electron chi connectivity index (χ1n) is 6.98. The summed E-state index contributed by atoms with van der Waals surface area (Å²) in [7, 11) is 0. The van der Waals surface area contributed by atoms with Crippen molar-refractivity contribution in [3.63, 3.8) is 0 Å². The number of carbonyl (C=O) groups is 1. The van der Waals surface area contributed by atoms with Crippen molar-refractivity contribution in [3.05, 3.63) is 29.6 Å². The van der Waals surface area contributed by atoms with Crippen LogP contribution in [0.1, 0.15) is 42.5 Å². The Kier molecular flexibility index (Phi) is 3.22. The molecule has 1 aliphatic rings. The SMILES string of the molecule is CCc1nc2c(C(=O)O)cccc2n1C1CCOC1C. The molecule has 5 heteroatoms. The molecule has 5 nitrogen and oxygen atoms in total. The molecule has 1 aliphatic heterocycles. The molecule has 1 aromatic heterocycles. The molecule has 1 aromatic carbocycles. The molecule has 1 fully saturated rings. The molecule has 2 heterocycles. The molecular formula is C15H18N2O3. The number of carboxylic acids is 1. The highest BCUT2D eigenvalue weighted by Gasteiger charge is 2.29. The van der Waals surface area contributed by atoms with E-state index in [4.69, 9.17) is 4.74 Å². The highest BCUT2D eigenvalue weighted by molar-refractivity contribution is 6.01. The van der Waals surface area contributed by atoms with Crippen molar-refractivity contribution in [2.45, 2.75) is 38.8 Å². The summed E-state index contributed by atoms with van der Waals surface area (Å²) in [6.07, 6.45) is 1.85. The Morgan fingerprint density at radius 3 is 2.95 bits per heavy atom. The van der Waals surface area contributed by atoms with Gasteiger partial charge in [-0.1, -0.05) is 13.0 Å². The molecule has 20 heavy (non-hydrogen) atoms. The molecule has 2 atom stereocenters. The van der Waals surface area contributed by atoms with Gasteiger partial charge >= 0.3 is 5.97 Å². The minimum Gasteiger partial charge on any atom is -0.478 e. The molecule has 0 bridgehead atoms. The van der Waals surface area contributed by atoms with Crippen LogP contribution < -0.4 is 0 Å². The van der Waals surface area contributed by atoms with Crippen LogP contribution in [0, 0.1) is 0 Å². The number of carboxylic acid groups (broad SMARTS) is 1. The van der Waals surface area contributed by atoms with E-state index >= 15 is 0 Å². The fourth-order valence-electron chi connectivity index (χ4n) is 3.02. The van der Waals surface area contributed by atoms with Crippen LogP contribution in [0.15, 0.2) is 18.2 Å². The predicted octanol–water partition coefficient (Wildman–Crippen LogP) is 2.65. The molecule has 106 valence electrons. The number of nitrogens with zero attached hydrogens (tertiary/aromatic N) is 2. The van der Waals surface area contributed by atoms with Crippen molar-refractivity contribution >= 4 is 17.0 Å². The standard InChI is InChI=1S/C15H18N2O3/c1-3-13-16-14-10(15(18)19)5-4-6-12(14)17(13)11-7-8-20-9(11)2/h4-6,9,11H,3,7-8H2,1-2H3,(H,18,19). The van der Waals surface area contributed by atoms with Gasteiger partial charge in [0.15, 0.2) is 0 Å². The number of aromatic carboxylic acids is 1. The number of fused-ring (bicyclic) bond motifs is 1. The average Bonchev–Trinajstić information content (AvgIpc) is 3.00. The lowest BCUT2D eigenvalue weighted by Gasteiger charge is -2.19. The maximum absolute atomic E-state index is 11.3. The lowest BCUT2D eigenvalue weighted by molar-refractivity contribution is 0.0699.